The highest BCUT2D eigenvalue weighted by molar-refractivity contribution is 5.80. The Hall–Kier alpha value is -1.37. The lowest BCUT2D eigenvalue weighted by atomic mass is 9.99. The monoisotopic (exact) mass is 994 g/mol. The Kier molecular flexibility index (Phi) is 47.4. The van der Waals surface area contributed by atoms with Crippen molar-refractivity contribution in [1.82, 2.24) is 5.32 Å². The van der Waals surface area contributed by atoms with Gasteiger partial charge in [0, 0.05) is 0 Å². The van der Waals surface area contributed by atoms with Gasteiger partial charge in [0.2, 0.25) is 5.91 Å². The fourth-order valence-corrected chi connectivity index (χ4v) is 9.75. The summed E-state index contributed by atoms with van der Waals surface area (Å²) in [5.41, 5.74) is 0. The number of aliphatic hydroxyl groups is 6. The van der Waals surface area contributed by atoms with Crippen LogP contribution in [0.2, 0.25) is 0 Å². The SMILES string of the molecule is CCCCCCCCCCCCC/C=C/C(O)C(COC1OC(CO)C(O)C(O)C1O)NC(=O)C(O)CCCCCCCCCCCCCCCCCC/C=C\CCCCCCCCCCCCCC. The van der Waals surface area contributed by atoms with Crippen LogP contribution in [0.4, 0.5) is 0 Å². The van der Waals surface area contributed by atoms with E-state index in [2.05, 4.69) is 31.3 Å². The van der Waals surface area contributed by atoms with Crippen LogP contribution in [-0.2, 0) is 14.3 Å². The van der Waals surface area contributed by atoms with E-state index in [1.165, 1.54) is 225 Å². The third-order valence-electron chi connectivity index (χ3n) is 14.6. The van der Waals surface area contributed by atoms with Crippen molar-refractivity contribution in [3.05, 3.63) is 24.3 Å². The number of hydrogen-bond donors (Lipinski definition) is 7. The van der Waals surface area contributed by atoms with Crippen molar-refractivity contribution in [2.45, 2.75) is 339 Å². The largest absolute Gasteiger partial charge is 0.394 e. The summed E-state index contributed by atoms with van der Waals surface area (Å²) in [6.45, 7) is 3.63. The Labute approximate surface area is 431 Å². The Morgan fingerprint density at radius 1 is 0.486 bits per heavy atom. The molecule has 414 valence electrons. The predicted molar refractivity (Wildman–Crippen MR) is 292 cm³/mol. The van der Waals surface area contributed by atoms with Crippen LogP contribution in [0.1, 0.15) is 290 Å². The van der Waals surface area contributed by atoms with Crippen LogP contribution in [0, 0.1) is 0 Å². The van der Waals surface area contributed by atoms with E-state index in [1.807, 2.05) is 6.08 Å². The van der Waals surface area contributed by atoms with Crippen molar-refractivity contribution in [3.8, 4) is 0 Å². The fraction of sp³-hybridized carbons (Fsp3) is 0.917. The van der Waals surface area contributed by atoms with Gasteiger partial charge in [0.25, 0.3) is 0 Å². The summed E-state index contributed by atoms with van der Waals surface area (Å²) in [5, 5.41) is 65.0. The quantitative estimate of drug-likeness (QED) is 0.0232. The van der Waals surface area contributed by atoms with Gasteiger partial charge in [-0.1, -0.05) is 269 Å². The summed E-state index contributed by atoms with van der Waals surface area (Å²) in [6, 6.07) is -0.977. The highest BCUT2D eigenvalue weighted by Crippen LogP contribution is 2.23. The maximum atomic E-state index is 13.1. The van der Waals surface area contributed by atoms with E-state index in [1.54, 1.807) is 6.08 Å². The summed E-state index contributed by atoms with van der Waals surface area (Å²) >= 11 is 0. The number of aliphatic hydroxyl groups excluding tert-OH is 6. The van der Waals surface area contributed by atoms with Crippen molar-refractivity contribution < 1.29 is 44.9 Å². The van der Waals surface area contributed by atoms with Gasteiger partial charge in [-0.3, -0.25) is 4.79 Å². The van der Waals surface area contributed by atoms with Gasteiger partial charge in [0.05, 0.1) is 25.4 Å². The molecule has 1 saturated heterocycles. The zero-order chi connectivity index (χ0) is 51.0. The molecule has 7 N–H and O–H groups in total. The highest BCUT2D eigenvalue weighted by Gasteiger charge is 2.44. The predicted octanol–water partition coefficient (Wildman–Crippen LogP) is 13.9. The van der Waals surface area contributed by atoms with Gasteiger partial charge in [0.15, 0.2) is 6.29 Å². The molecule has 0 spiro atoms. The third kappa shape index (κ3) is 38.2. The highest BCUT2D eigenvalue weighted by atomic mass is 16.7. The van der Waals surface area contributed by atoms with E-state index in [0.29, 0.717) is 6.42 Å². The first-order chi connectivity index (χ1) is 34.3. The molecular weight excluding hydrogens is 879 g/mol. The van der Waals surface area contributed by atoms with Crippen molar-refractivity contribution in [3.63, 3.8) is 0 Å². The number of allylic oxidation sites excluding steroid dienone is 3. The van der Waals surface area contributed by atoms with Crippen LogP contribution in [0.15, 0.2) is 24.3 Å². The van der Waals surface area contributed by atoms with E-state index in [4.69, 9.17) is 9.47 Å². The number of carbonyl (C=O) groups is 1. The minimum Gasteiger partial charge on any atom is -0.394 e. The second kappa shape index (κ2) is 49.8. The molecule has 0 aromatic heterocycles. The number of nitrogens with one attached hydrogen (secondary N) is 1. The smallest absolute Gasteiger partial charge is 0.249 e. The minimum absolute atomic E-state index is 0.302. The second-order valence-electron chi connectivity index (χ2n) is 21.3. The van der Waals surface area contributed by atoms with E-state index in [-0.39, 0.29) is 6.61 Å². The Balaban J connectivity index is 2.14. The Morgan fingerprint density at radius 3 is 1.20 bits per heavy atom. The Bertz CT molecular complexity index is 1170. The second-order valence-corrected chi connectivity index (χ2v) is 21.3. The molecule has 1 fully saturated rings. The summed E-state index contributed by atoms with van der Waals surface area (Å²) < 4.78 is 11.2. The van der Waals surface area contributed by atoms with Crippen LogP contribution in [0.25, 0.3) is 0 Å². The number of rotatable bonds is 52. The van der Waals surface area contributed by atoms with Gasteiger partial charge in [0.1, 0.15) is 30.5 Å². The molecule has 70 heavy (non-hydrogen) atoms. The van der Waals surface area contributed by atoms with Crippen molar-refractivity contribution >= 4 is 5.91 Å². The van der Waals surface area contributed by atoms with E-state index < -0.39 is 61.5 Å². The van der Waals surface area contributed by atoms with Gasteiger partial charge >= 0.3 is 0 Å². The molecule has 1 amide bonds. The number of ether oxygens (including phenoxy) is 2. The van der Waals surface area contributed by atoms with Crippen molar-refractivity contribution in [2.24, 2.45) is 0 Å². The molecule has 1 heterocycles. The molecule has 0 saturated carbocycles. The van der Waals surface area contributed by atoms with E-state index in [9.17, 15) is 35.4 Å². The molecule has 0 aromatic carbocycles. The molecular formula is C60H115NO9. The molecule has 1 aliphatic heterocycles. The first kappa shape index (κ1) is 66.6. The maximum absolute atomic E-state index is 13.1. The molecule has 8 unspecified atom stereocenters. The molecule has 0 bridgehead atoms. The van der Waals surface area contributed by atoms with Crippen LogP contribution in [0.5, 0.6) is 0 Å². The lowest BCUT2D eigenvalue weighted by Gasteiger charge is -2.40. The number of carbonyl (C=O) groups excluding carboxylic acids is 1. The fourth-order valence-electron chi connectivity index (χ4n) is 9.75. The normalized spacial score (nSPS) is 19.9. The topological polar surface area (TPSA) is 169 Å². The Morgan fingerprint density at radius 2 is 0.829 bits per heavy atom. The summed E-state index contributed by atoms with van der Waals surface area (Å²) in [4.78, 5) is 13.1. The number of hydrogen-bond acceptors (Lipinski definition) is 9. The lowest BCUT2D eigenvalue weighted by Crippen LogP contribution is -2.60. The molecule has 10 heteroatoms. The average molecular weight is 995 g/mol. The van der Waals surface area contributed by atoms with Crippen molar-refractivity contribution in [1.29, 1.82) is 0 Å². The molecule has 0 aromatic rings. The van der Waals surface area contributed by atoms with E-state index >= 15 is 0 Å². The standard InChI is InChI=1S/C60H115NO9/c1-3-5-7-9-11-13-15-17-18-19-20-21-22-23-24-25-26-27-28-29-30-31-32-33-34-35-37-39-41-43-45-47-49-54(64)59(68)61-52(51-69-60-58(67)57(66)56(65)55(50-62)70-60)53(63)48-46-44-42-40-38-36-16-14-12-10-8-6-4-2/h23-24,46,48,52-58,60,62-67H,3-22,25-45,47,49-51H2,1-2H3,(H,61,68)/b24-23-,48-46+. The molecule has 1 rings (SSSR count). The summed E-state index contributed by atoms with van der Waals surface area (Å²) in [7, 11) is 0. The minimum atomic E-state index is -1.61. The van der Waals surface area contributed by atoms with Crippen LogP contribution in [-0.4, -0.2) is 98.7 Å². The first-order valence-corrected chi connectivity index (χ1v) is 30.2. The van der Waals surface area contributed by atoms with Crippen molar-refractivity contribution in [2.75, 3.05) is 13.2 Å². The molecule has 8 atom stereocenters. The summed E-state index contributed by atoms with van der Waals surface area (Å²) in [5.74, 6) is -0.612. The lowest BCUT2D eigenvalue weighted by molar-refractivity contribution is -0.302. The molecule has 10 nitrogen and oxygen atoms in total. The van der Waals surface area contributed by atoms with Crippen LogP contribution < -0.4 is 5.32 Å². The van der Waals surface area contributed by atoms with Gasteiger partial charge in [-0.25, -0.2) is 0 Å². The van der Waals surface area contributed by atoms with Crippen LogP contribution >= 0.6 is 0 Å². The maximum Gasteiger partial charge on any atom is 0.249 e. The third-order valence-corrected chi connectivity index (χ3v) is 14.6. The number of amides is 1. The van der Waals surface area contributed by atoms with Gasteiger partial charge in [-0.15, -0.1) is 0 Å². The molecule has 1 aliphatic rings. The first-order valence-electron chi connectivity index (χ1n) is 30.2. The zero-order valence-corrected chi connectivity index (χ0v) is 45.7. The van der Waals surface area contributed by atoms with Gasteiger partial charge in [-0.05, 0) is 44.9 Å². The van der Waals surface area contributed by atoms with Crippen LogP contribution in [0.3, 0.4) is 0 Å². The molecule has 0 radical (unpaired) electrons. The molecule has 0 aliphatic carbocycles. The van der Waals surface area contributed by atoms with Gasteiger partial charge in [-0.2, -0.15) is 0 Å². The summed E-state index contributed by atoms with van der Waals surface area (Å²) in [6.07, 6.45) is 53.0. The number of unbranched alkanes of at least 4 members (excludes halogenated alkanes) is 39. The zero-order valence-electron chi connectivity index (χ0n) is 45.7. The van der Waals surface area contributed by atoms with Gasteiger partial charge < -0.3 is 45.4 Å². The average Bonchev–Trinajstić information content (AvgIpc) is 3.36. The van der Waals surface area contributed by atoms with E-state index in [0.717, 1.165) is 44.9 Å².